The molecule has 1 atom stereocenters. The standard InChI is InChI=1S/C13H19NO2/c1-9-5-6-12(10(2)7-9)11(3)14-13(15)8-16-4/h5-7,11H,8H2,1-4H3,(H,14,15). The number of nitrogens with one attached hydrogen (secondary N) is 1. The number of benzene rings is 1. The van der Waals surface area contributed by atoms with Gasteiger partial charge in [0.15, 0.2) is 0 Å². The second-order valence-electron chi connectivity index (χ2n) is 4.08. The third-order valence-electron chi connectivity index (χ3n) is 2.54. The summed E-state index contributed by atoms with van der Waals surface area (Å²) in [5.41, 5.74) is 3.58. The van der Waals surface area contributed by atoms with Gasteiger partial charge in [-0.3, -0.25) is 4.79 Å². The SMILES string of the molecule is COCC(=O)NC(C)c1ccc(C)cc1C. The van der Waals surface area contributed by atoms with Gasteiger partial charge in [0.1, 0.15) is 6.61 Å². The molecule has 0 aliphatic heterocycles. The van der Waals surface area contributed by atoms with E-state index in [9.17, 15) is 4.79 Å². The van der Waals surface area contributed by atoms with E-state index >= 15 is 0 Å². The van der Waals surface area contributed by atoms with Crippen molar-refractivity contribution in [2.45, 2.75) is 26.8 Å². The maximum atomic E-state index is 11.4. The number of ether oxygens (including phenoxy) is 1. The predicted octanol–water partition coefficient (Wildman–Crippen LogP) is 2.13. The number of rotatable bonds is 4. The fourth-order valence-electron chi connectivity index (χ4n) is 1.80. The molecule has 0 saturated heterocycles. The molecule has 1 amide bonds. The summed E-state index contributed by atoms with van der Waals surface area (Å²) < 4.78 is 4.78. The van der Waals surface area contributed by atoms with Crippen LogP contribution in [0.2, 0.25) is 0 Å². The molecule has 0 heterocycles. The zero-order valence-electron chi connectivity index (χ0n) is 10.3. The smallest absolute Gasteiger partial charge is 0.246 e. The zero-order valence-corrected chi connectivity index (χ0v) is 10.3. The van der Waals surface area contributed by atoms with Gasteiger partial charge >= 0.3 is 0 Å². The van der Waals surface area contributed by atoms with Gasteiger partial charge in [0, 0.05) is 7.11 Å². The van der Waals surface area contributed by atoms with E-state index in [0.29, 0.717) is 0 Å². The van der Waals surface area contributed by atoms with Gasteiger partial charge in [-0.1, -0.05) is 23.8 Å². The van der Waals surface area contributed by atoms with Crippen molar-refractivity contribution in [2.75, 3.05) is 13.7 Å². The first-order valence-electron chi connectivity index (χ1n) is 5.40. The summed E-state index contributed by atoms with van der Waals surface area (Å²) in [5.74, 6) is -0.0880. The van der Waals surface area contributed by atoms with Crippen LogP contribution in [-0.4, -0.2) is 19.6 Å². The normalized spacial score (nSPS) is 12.2. The maximum absolute atomic E-state index is 11.4. The molecule has 0 bridgehead atoms. The summed E-state index contributed by atoms with van der Waals surface area (Å²) in [6.45, 7) is 6.20. The number of carbonyl (C=O) groups is 1. The van der Waals surface area contributed by atoms with E-state index in [1.54, 1.807) is 0 Å². The van der Waals surface area contributed by atoms with Crippen LogP contribution in [0.15, 0.2) is 18.2 Å². The Bertz CT molecular complexity index is 374. The molecule has 0 aromatic heterocycles. The van der Waals surface area contributed by atoms with Crippen molar-refractivity contribution >= 4 is 5.91 Å². The highest BCUT2D eigenvalue weighted by atomic mass is 16.5. The molecule has 1 aromatic rings. The molecule has 0 saturated carbocycles. The Morgan fingerprint density at radius 2 is 2.12 bits per heavy atom. The minimum atomic E-state index is -0.0880. The summed E-state index contributed by atoms with van der Waals surface area (Å²) in [7, 11) is 1.52. The highest BCUT2D eigenvalue weighted by Gasteiger charge is 2.11. The average Bonchev–Trinajstić information content (AvgIpc) is 2.17. The summed E-state index contributed by atoms with van der Waals surface area (Å²) >= 11 is 0. The Morgan fingerprint density at radius 3 is 2.69 bits per heavy atom. The molecule has 3 heteroatoms. The lowest BCUT2D eigenvalue weighted by Crippen LogP contribution is -2.30. The largest absolute Gasteiger partial charge is 0.375 e. The quantitative estimate of drug-likeness (QED) is 0.845. The molecular weight excluding hydrogens is 202 g/mol. The Balaban J connectivity index is 2.72. The third kappa shape index (κ3) is 3.35. The molecule has 0 radical (unpaired) electrons. The van der Waals surface area contributed by atoms with Gasteiger partial charge < -0.3 is 10.1 Å². The van der Waals surface area contributed by atoms with Crippen molar-refractivity contribution in [3.05, 3.63) is 34.9 Å². The molecule has 0 spiro atoms. The van der Waals surface area contributed by atoms with Crippen LogP contribution in [0.4, 0.5) is 0 Å². The highest BCUT2D eigenvalue weighted by molar-refractivity contribution is 5.77. The van der Waals surface area contributed by atoms with E-state index in [-0.39, 0.29) is 18.6 Å². The van der Waals surface area contributed by atoms with E-state index in [0.717, 1.165) is 5.56 Å². The molecule has 0 aliphatic rings. The number of aryl methyl sites for hydroxylation is 2. The lowest BCUT2D eigenvalue weighted by Gasteiger charge is -2.16. The van der Waals surface area contributed by atoms with Crippen molar-refractivity contribution < 1.29 is 9.53 Å². The second-order valence-corrected chi connectivity index (χ2v) is 4.08. The van der Waals surface area contributed by atoms with Crippen LogP contribution in [0.5, 0.6) is 0 Å². The summed E-state index contributed by atoms with van der Waals surface area (Å²) in [6, 6.07) is 6.25. The van der Waals surface area contributed by atoms with Gasteiger partial charge in [0.2, 0.25) is 5.91 Å². The number of hydrogen-bond donors (Lipinski definition) is 1. The topological polar surface area (TPSA) is 38.3 Å². The number of methoxy groups -OCH3 is 1. The van der Waals surface area contributed by atoms with Crippen molar-refractivity contribution in [3.63, 3.8) is 0 Å². The van der Waals surface area contributed by atoms with Crippen LogP contribution in [0.1, 0.15) is 29.7 Å². The summed E-state index contributed by atoms with van der Waals surface area (Å²) in [4.78, 5) is 11.4. The van der Waals surface area contributed by atoms with Gasteiger partial charge in [-0.2, -0.15) is 0 Å². The van der Waals surface area contributed by atoms with Crippen LogP contribution < -0.4 is 5.32 Å². The molecule has 16 heavy (non-hydrogen) atoms. The summed E-state index contributed by atoms with van der Waals surface area (Å²) in [6.07, 6.45) is 0. The van der Waals surface area contributed by atoms with Crippen LogP contribution in [0, 0.1) is 13.8 Å². The first-order chi connectivity index (χ1) is 7.54. The average molecular weight is 221 g/mol. The molecule has 0 aliphatic carbocycles. The Hall–Kier alpha value is -1.35. The van der Waals surface area contributed by atoms with Gasteiger partial charge in [0.25, 0.3) is 0 Å². The molecule has 88 valence electrons. The predicted molar refractivity (Wildman–Crippen MR) is 64.3 cm³/mol. The number of carbonyl (C=O) groups excluding carboxylic acids is 1. The highest BCUT2D eigenvalue weighted by Crippen LogP contribution is 2.18. The third-order valence-corrected chi connectivity index (χ3v) is 2.54. The van der Waals surface area contributed by atoms with Crippen LogP contribution in [0.3, 0.4) is 0 Å². The van der Waals surface area contributed by atoms with Gasteiger partial charge in [-0.15, -0.1) is 0 Å². The molecule has 1 aromatic carbocycles. The Labute approximate surface area is 96.8 Å². The molecule has 1 unspecified atom stereocenters. The van der Waals surface area contributed by atoms with Gasteiger partial charge in [-0.25, -0.2) is 0 Å². The number of hydrogen-bond acceptors (Lipinski definition) is 2. The molecular formula is C13H19NO2. The maximum Gasteiger partial charge on any atom is 0.246 e. The second kappa shape index (κ2) is 5.66. The first-order valence-corrected chi connectivity index (χ1v) is 5.40. The lowest BCUT2D eigenvalue weighted by molar-refractivity contribution is -0.125. The first kappa shape index (κ1) is 12.7. The van der Waals surface area contributed by atoms with Gasteiger partial charge in [0.05, 0.1) is 6.04 Å². The van der Waals surface area contributed by atoms with Crippen molar-refractivity contribution in [3.8, 4) is 0 Å². The van der Waals surface area contributed by atoms with Crippen LogP contribution in [0.25, 0.3) is 0 Å². The van der Waals surface area contributed by atoms with Crippen LogP contribution in [-0.2, 0) is 9.53 Å². The fourth-order valence-corrected chi connectivity index (χ4v) is 1.80. The van der Waals surface area contributed by atoms with Crippen molar-refractivity contribution in [1.82, 2.24) is 5.32 Å². The van der Waals surface area contributed by atoms with E-state index in [2.05, 4.69) is 37.4 Å². The van der Waals surface area contributed by atoms with E-state index in [4.69, 9.17) is 4.74 Å². The monoisotopic (exact) mass is 221 g/mol. The molecule has 1 rings (SSSR count). The molecule has 0 fully saturated rings. The van der Waals surface area contributed by atoms with Gasteiger partial charge in [-0.05, 0) is 31.9 Å². The minimum absolute atomic E-state index is 0.0169. The van der Waals surface area contributed by atoms with Crippen molar-refractivity contribution in [1.29, 1.82) is 0 Å². The summed E-state index contributed by atoms with van der Waals surface area (Å²) in [5, 5.41) is 2.89. The molecule has 3 nitrogen and oxygen atoms in total. The van der Waals surface area contributed by atoms with E-state index in [1.165, 1.54) is 18.2 Å². The lowest BCUT2D eigenvalue weighted by atomic mass is 10.0. The zero-order chi connectivity index (χ0) is 12.1. The van der Waals surface area contributed by atoms with E-state index < -0.39 is 0 Å². The fraction of sp³-hybridized carbons (Fsp3) is 0.462. The minimum Gasteiger partial charge on any atom is -0.375 e. The van der Waals surface area contributed by atoms with Crippen molar-refractivity contribution in [2.24, 2.45) is 0 Å². The molecule has 1 N–H and O–H groups in total. The Kier molecular flexibility index (Phi) is 4.50. The Morgan fingerprint density at radius 1 is 1.44 bits per heavy atom. The number of amides is 1. The van der Waals surface area contributed by atoms with E-state index in [1.807, 2.05) is 6.92 Å². The van der Waals surface area contributed by atoms with Crippen LogP contribution >= 0.6 is 0 Å².